The first-order valence-electron chi connectivity index (χ1n) is 14.1. The molecule has 43 heavy (non-hydrogen) atoms. The van der Waals surface area contributed by atoms with Gasteiger partial charge < -0.3 is 15.2 Å². The van der Waals surface area contributed by atoms with Crippen molar-refractivity contribution in [2.24, 2.45) is 0 Å². The molecular formula is C35H31F4NO3. The number of nitrogens with one attached hydrogen (secondary N) is 1. The van der Waals surface area contributed by atoms with E-state index in [4.69, 9.17) is 0 Å². The lowest BCUT2D eigenvalue weighted by molar-refractivity contribution is -0.253. The van der Waals surface area contributed by atoms with Crippen molar-refractivity contribution in [2.75, 3.05) is 0 Å². The highest BCUT2D eigenvalue weighted by Crippen LogP contribution is 2.30. The van der Waals surface area contributed by atoms with Crippen LogP contribution in [0.1, 0.15) is 51.6 Å². The Hall–Kier alpha value is -4.43. The van der Waals surface area contributed by atoms with E-state index in [1.165, 1.54) is 12.1 Å². The maximum atomic E-state index is 13.7. The normalized spacial score (nSPS) is 14.5. The van der Waals surface area contributed by atoms with Crippen molar-refractivity contribution in [1.29, 1.82) is 0 Å². The number of carbonyl (C=O) groups excluding carboxylic acids is 1. The van der Waals surface area contributed by atoms with Crippen molar-refractivity contribution in [1.82, 2.24) is 5.32 Å². The first-order chi connectivity index (χ1) is 20.7. The summed E-state index contributed by atoms with van der Waals surface area (Å²) in [5.74, 6) is -0.849. The molecule has 4 nitrogen and oxygen atoms in total. The number of fused-ring (bicyclic) bond motifs is 1. The molecule has 1 aliphatic carbocycles. The zero-order valence-electron chi connectivity index (χ0n) is 23.2. The van der Waals surface area contributed by atoms with E-state index in [-0.39, 0.29) is 6.42 Å². The van der Waals surface area contributed by atoms with E-state index in [9.17, 15) is 27.5 Å². The molecule has 4 aromatic carbocycles. The maximum Gasteiger partial charge on any atom is 0.461 e. The summed E-state index contributed by atoms with van der Waals surface area (Å²) in [4.78, 5) is 13.7. The molecule has 4 aromatic rings. The fourth-order valence-corrected chi connectivity index (χ4v) is 5.25. The molecule has 0 heterocycles. The van der Waals surface area contributed by atoms with Gasteiger partial charge >= 0.3 is 12.5 Å². The van der Waals surface area contributed by atoms with Crippen molar-refractivity contribution < 1.29 is 32.2 Å². The van der Waals surface area contributed by atoms with Gasteiger partial charge in [0.15, 0.2) is 0 Å². The van der Waals surface area contributed by atoms with Gasteiger partial charge in [0.25, 0.3) is 5.91 Å². The number of ether oxygens (including phenoxy) is 1. The number of allylic oxidation sites excluding steroid dienone is 1. The number of rotatable bonds is 10. The third kappa shape index (κ3) is 7.32. The van der Waals surface area contributed by atoms with E-state index >= 15 is 0 Å². The molecule has 0 saturated carbocycles. The van der Waals surface area contributed by atoms with Crippen LogP contribution in [0.2, 0.25) is 0 Å². The third-order valence-electron chi connectivity index (χ3n) is 7.46. The van der Waals surface area contributed by atoms with Crippen LogP contribution >= 0.6 is 0 Å². The van der Waals surface area contributed by atoms with Crippen molar-refractivity contribution in [2.45, 2.75) is 50.4 Å². The van der Waals surface area contributed by atoms with Crippen molar-refractivity contribution >= 4 is 12.0 Å². The van der Waals surface area contributed by atoms with Crippen LogP contribution < -0.4 is 10.1 Å². The summed E-state index contributed by atoms with van der Waals surface area (Å²) in [6, 6.07) is 27.0. The Bertz CT molecular complexity index is 1570. The molecule has 0 spiro atoms. The van der Waals surface area contributed by atoms with Crippen LogP contribution in [0, 0.1) is 0 Å². The molecule has 0 saturated heterocycles. The number of benzene rings is 4. The Kier molecular flexibility index (Phi) is 9.26. The van der Waals surface area contributed by atoms with Crippen LogP contribution in [0.4, 0.5) is 17.6 Å². The Morgan fingerprint density at radius 3 is 2.37 bits per heavy atom. The standard InChI is InChI=1S/C35H31F4NO3/c36-34(37)35(38,39)43-28-14-7-9-23(21-28)22-31(32(41)27-19-17-25(18-20-27)24-10-3-1-4-11-24)40-33(42)30-16-8-13-26-12-5-2-6-15-29(26)30/h1,3-4,6-11,13-21,31-32,34,41H,2,5,12,22H2,(H,40,42). The minimum Gasteiger partial charge on any atom is -0.428 e. The van der Waals surface area contributed by atoms with Gasteiger partial charge in [-0.15, -0.1) is 0 Å². The Balaban J connectivity index is 1.44. The predicted octanol–water partition coefficient (Wildman–Crippen LogP) is 8.01. The van der Waals surface area contributed by atoms with Crippen LogP contribution in [0.5, 0.6) is 5.75 Å². The summed E-state index contributed by atoms with van der Waals surface area (Å²) in [6.45, 7) is 0. The molecule has 2 atom stereocenters. The molecule has 0 bridgehead atoms. The molecule has 222 valence electrons. The van der Waals surface area contributed by atoms with Gasteiger partial charge in [-0.1, -0.05) is 91.0 Å². The Morgan fingerprint density at radius 1 is 0.907 bits per heavy atom. The molecule has 0 aromatic heterocycles. The monoisotopic (exact) mass is 589 g/mol. The first-order valence-corrected chi connectivity index (χ1v) is 14.1. The van der Waals surface area contributed by atoms with Crippen LogP contribution in [-0.2, 0) is 12.8 Å². The summed E-state index contributed by atoms with van der Waals surface area (Å²) in [5, 5.41) is 14.5. The van der Waals surface area contributed by atoms with Gasteiger partial charge in [0.05, 0.1) is 12.1 Å². The SMILES string of the molecule is O=C(NC(Cc1cccc(OC(F)(F)C(F)F)c1)C(O)c1ccc(-c2ccccc2)cc1)c1cccc2c1C=CCCC2. The van der Waals surface area contributed by atoms with E-state index in [1.807, 2.05) is 66.7 Å². The molecule has 0 fully saturated rings. The summed E-state index contributed by atoms with van der Waals surface area (Å²) < 4.78 is 56.9. The molecule has 1 amide bonds. The van der Waals surface area contributed by atoms with Gasteiger partial charge in [0.1, 0.15) is 5.75 Å². The average molecular weight is 590 g/mol. The second kappa shape index (κ2) is 13.3. The smallest absolute Gasteiger partial charge is 0.428 e. The van der Waals surface area contributed by atoms with Crippen LogP contribution in [-0.4, -0.2) is 29.6 Å². The quantitative estimate of drug-likeness (QED) is 0.184. The molecule has 0 radical (unpaired) electrons. The van der Waals surface area contributed by atoms with Gasteiger partial charge in [-0.3, -0.25) is 4.79 Å². The zero-order chi connectivity index (χ0) is 30.4. The summed E-state index contributed by atoms with van der Waals surface area (Å²) >= 11 is 0. The second-order valence-corrected chi connectivity index (χ2v) is 10.5. The minimum atomic E-state index is -4.66. The molecule has 0 aliphatic heterocycles. The van der Waals surface area contributed by atoms with Crippen LogP contribution in [0.25, 0.3) is 17.2 Å². The van der Waals surface area contributed by atoms with Gasteiger partial charge in [-0.25, -0.2) is 0 Å². The van der Waals surface area contributed by atoms with Gasteiger partial charge in [-0.05, 0) is 77.3 Å². The van der Waals surface area contributed by atoms with E-state index < -0.39 is 36.3 Å². The molecular weight excluding hydrogens is 558 g/mol. The minimum absolute atomic E-state index is 0.00958. The highest BCUT2D eigenvalue weighted by Gasteiger charge is 2.44. The Labute approximate surface area is 247 Å². The zero-order valence-corrected chi connectivity index (χ0v) is 23.2. The molecule has 5 rings (SSSR count). The van der Waals surface area contributed by atoms with E-state index in [1.54, 1.807) is 24.3 Å². The maximum absolute atomic E-state index is 13.7. The van der Waals surface area contributed by atoms with E-state index in [0.29, 0.717) is 16.7 Å². The summed E-state index contributed by atoms with van der Waals surface area (Å²) in [6.07, 6.45) is -3.16. The number of halogens is 4. The number of aliphatic hydroxyl groups excluding tert-OH is 1. The molecule has 8 heteroatoms. The average Bonchev–Trinajstić information content (AvgIpc) is 3.26. The lowest BCUT2D eigenvalue weighted by atomic mass is 9.93. The topological polar surface area (TPSA) is 58.6 Å². The largest absolute Gasteiger partial charge is 0.461 e. The first kappa shape index (κ1) is 30.0. The highest BCUT2D eigenvalue weighted by molar-refractivity contribution is 5.98. The van der Waals surface area contributed by atoms with Gasteiger partial charge in [0.2, 0.25) is 0 Å². The summed E-state index contributed by atoms with van der Waals surface area (Å²) in [5.41, 5.74) is 5.22. The lowest BCUT2D eigenvalue weighted by Gasteiger charge is -2.26. The van der Waals surface area contributed by atoms with Crippen LogP contribution in [0.3, 0.4) is 0 Å². The third-order valence-corrected chi connectivity index (χ3v) is 7.46. The number of alkyl halides is 4. The van der Waals surface area contributed by atoms with Crippen molar-refractivity contribution in [3.05, 3.63) is 131 Å². The second-order valence-electron chi connectivity index (χ2n) is 10.5. The molecule has 2 unspecified atom stereocenters. The Morgan fingerprint density at radius 2 is 1.63 bits per heavy atom. The number of hydrogen-bond donors (Lipinski definition) is 2. The molecule has 1 aliphatic rings. The van der Waals surface area contributed by atoms with Gasteiger partial charge in [-0.2, -0.15) is 17.6 Å². The number of aliphatic hydroxyl groups is 1. The fourth-order valence-electron chi connectivity index (χ4n) is 5.25. The number of amides is 1. The lowest BCUT2D eigenvalue weighted by Crippen LogP contribution is -2.41. The number of carbonyl (C=O) groups is 1. The van der Waals surface area contributed by atoms with Gasteiger partial charge in [0, 0.05) is 5.56 Å². The van der Waals surface area contributed by atoms with E-state index in [0.717, 1.165) is 47.6 Å². The molecule has 2 N–H and O–H groups in total. The fraction of sp³-hybridized carbons (Fsp3) is 0.229. The van der Waals surface area contributed by atoms with Crippen molar-refractivity contribution in [3.8, 4) is 16.9 Å². The van der Waals surface area contributed by atoms with E-state index in [2.05, 4.69) is 10.1 Å². The number of aryl methyl sites for hydroxylation is 1. The summed E-state index contributed by atoms with van der Waals surface area (Å²) in [7, 11) is 0. The van der Waals surface area contributed by atoms with Crippen molar-refractivity contribution in [3.63, 3.8) is 0 Å². The predicted molar refractivity (Wildman–Crippen MR) is 158 cm³/mol. The number of hydrogen-bond acceptors (Lipinski definition) is 3. The van der Waals surface area contributed by atoms with Crippen LogP contribution in [0.15, 0.2) is 103 Å². The highest BCUT2D eigenvalue weighted by atomic mass is 19.3.